The summed E-state index contributed by atoms with van der Waals surface area (Å²) in [5.41, 5.74) is 5.43. The van der Waals surface area contributed by atoms with Crippen LogP contribution in [0.2, 0.25) is 0 Å². The second kappa shape index (κ2) is 6.05. The molecule has 0 aromatic carbocycles. The number of likely N-dealkylation sites (N-methyl/N-ethyl adjacent to an activating group) is 1. The molecule has 1 unspecified atom stereocenters. The van der Waals surface area contributed by atoms with Crippen molar-refractivity contribution in [1.82, 2.24) is 9.80 Å². The van der Waals surface area contributed by atoms with E-state index in [1.807, 2.05) is 19.0 Å². The molecule has 0 radical (unpaired) electrons. The zero-order valence-electron chi connectivity index (χ0n) is 9.61. The highest BCUT2D eigenvalue weighted by molar-refractivity contribution is 5.81. The number of nitrogens with zero attached hydrogens (tertiary/aromatic N) is 2. The molecule has 5 nitrogen and oxygen atoms in total. The molecule has 1 saturated heterocycles. The molecule has 0 spiro atoms. The summed E-state index contributed by atoms with van der Waals surface area (Å²) in [5, 5.41) is 0. The van der Waals surface area contributed by atoms with Crippen molar-refractivity contribution >= 4 is 5.91 Å². The average Bonchev–Trinajstić information content (AvgIpc) is 2.19. The van der Waals surface area contributed by atoms with Gasteiger partial charge < -0.3 is 20.3 Å². The summed E-state index contributed by atoms with van der Waals surface area (Å²) in [6.45, 7) is 3.49. The second-order valence-electron chi connectivity index (χ2n) is 4.07. The lowest BCUT2D eigenvalue weighted by Gasteiger charge is -2.33. The number of hydrogen-bond acceptors (Lipinski definition) is 4. The minimum atomic E-state index is -0.314. The van der Waals surface area contributed by atoms with Crippen molar-refractivity contribution in [3.05, 3.63) is 0 Å². The fourth-order valence-electron chi connectivity index (χ4n) is 1.59. The molecule has 88 valence electrons. The lowest BCUT2D eigenvalue weighted by atomic mass is 10.2. The van der Waals surface area contributed by atoms with E-state index in [1.165, 1.54) is 0 Å². The number of morpholine rings is 1. The molecule has 1 heterocycles. The lowest BCUT2D eigenvalue weighted by molar-refractivity contribution is -0.153. The Bertz CT molecular complexity index is 207. The largest absolute Gasteiger partial charge is 0.366 e. The highest BCUT2D eigenvalue weighted by Gasteiger charge is 2.28. The molecule has 0 bridgehead atoms. The van der Waals surface area contributed by atoms with Gasteiger partial charge in [-0.2, -0.15) is 0 Å². The van der Waals surface area contributed by atoms with E-state index in [1.54, 1.807) is 0 Å². The van der Waals surface area contributed by atoms with Gasteiger partial charge in [-0.05, 0) is 27.1 Å². The van der Waals surface area contributed by atoms with E-state index < -0.39 is 0 Å². The smallest absolute Gasteiger partial charge is 0.251 e. The fraction of sp³-hybridized carbons (Fsp3) is 0.900. The van der Waals surface area contributed by atoms with Gasteiger partial charge in [0.2, 0.25) is 0 Å². The van der Waals surface area contributed by atoms with Gasteiger partial charge in [0.05, 0.1) is 6.61 Å². The zero-order chi connectivity index (χ0) is 11.3. The summed E-state index contributed by atoms with van der Waals surface area (Å²) < 4.78 is 5.38. The maximum absolute atomic E-state index is 11.9. The van der Waals surface area contributed by atoms with E-state index in [0.29, 0.717) is 26.1 Å². The summed E-state index contributed by atoms with van der Waals surface area (Å²) in [4.78, 5) is 15.8. The maximum Gasteiger partial charge on any atom is 0.251 e. The Balaban J connectivity index is 2.40. The summed E-state index contributed by atoms with van der Waals surface area (Å²) in [7, 11) is 4.00. The van der Waals surface area contributed by atoms with Crippen molar-refractivity contribution in [2.24, 2.45) is 5.73 Å². The van der Waals surface area contributed by atoms with Gasteiger partial charge >= 0.3 is 0 Å². The second-order valence-corrected chi connectivity index (χ2v) is 4.07. The summed E-state index contributed by atoms with van der Waals surface area (Å²) >= 11 is 0. The van der Waals surface area contributed by atoms with Gasteiger partial charge in [0.25, 0.3) is 5.91 Å². The Hall–Kier alpha value is -0.650. The monoisotopic (exact) mass is 215 g/mol. The zero-order valence-corrected chi connectivity index (χ0v) is 9.61. The number of hydrogen-bond donors (Lipinski definition) is 1. The first-order chi connectivity index (χ1) is 7.15. The molecule has 1 fully saturated rings. The fourth-order valence-corrected chi connectivity index (χ4v) is 1.59. The van der Waals surface area contributed by atoms with Crippen LogP contribution in [0.25, 0.3) is 0 Å². The van der Waals surface area contributed by atoms with E-state index in [9.17, 15) is 4.79 Å². The molecule has 0 aromatic rings. The van der Waals surface area contributed by atoms with Crippen molar-refractivity contribution in [1.29, 1.82) is 0 Å². The molecule has 1 aliphatic rings. The lowest BCUT2D eigenvalue weighted by Crippen LogP contribution is -2.50. The van der Waals surface area contributed by atoms with Crippen LogP contribution in [0.15, 0.2) is 0 Å². The molecule has 0 saturated carbocycles. The van der Waals surface area contributed by atoms with Crippen molar-refractivity contribution in [3.63, 3.8) is 0 Å². The molecule has 5 heteroatoms. The summed E-state index contributed by atoms with van der Waals surface area (Å²) in [6, 6.07) is 0. The van der Waals surface area contributed by atoms with Crippen LogP contribution in [0.4, 0.5) is 0 Å². The third kappa shape index (κ3) is 3.77. The molecular formula is C10H21N3O2. The van der Waals surface area contributed by atoms with Crippen LogP contribution in [0.3, 0.4) is 0 Å². The van der Waals surface area contributed by atoms with Gasteiger partial charge in [0.1, 0.15) is 6.10 Å². The molecule has 1 atom stereocenters. The summed E-state index contributed by atoms with van der Waals surface area (Å²) in [5.74, 6) is 0.0913. The van der Waals surface area contributed by atoms with Gasteiger partial charge in [-0.1, -0.05) is 0 Å². The highest BCUT2D eigenvalue weighted by Crippen LogP contribution is 2.09. The van der Waals surface area contributed by atoms with E-state index in [4.69, 9.17) is 10.5 Å². The molecule has 1 rings (SSSR count). The molecule has 0 aromatic heterocycles. The van der Waals surface area contributed by atoms with Crippen molar-refractivity contribution in [2.75, 3.05) is 46.9 Å². The molecule has 15 heavy (non-hydrogen) atoms. The molecule has 1 amide bonds. The maximum atomic E-state index is 11.9. The standard InChI is InChI=1S/C10H21N3O2/c1-12(2)5-6-13-7-8-15-9(3-4-11)10(13)14/h9H,3-8,11H2,1-2H3. The first-order valence-corrected chi connectivity index (χ1v) is 5.40. The molecule has 0 aliphatic carbocycles. The quantitative estimate of drug-likeness (QED) is 0.647. The van der Waals surface area contributed by atoms with E-state index in [-0.39, 0.29) is 12.0 Å². The highest BCUT2D eigenvalue weighted by atomic mass is 16.5. The number of carbonyl (C=O) groups is 1. The van der Waals surface area contributed by atoms with Crippen LogP contribution in [0.1, 0.15) is 6.42 Å². The number of carbonyl (C=O) groups excluding carboxylic acids is 1. The van der Waals surface area contributed by atoms with Crippen molar-refractivity contribution in [3.8, 4) is 0 Å². The van der Waals surface area contributed by atoms with Crippen LogP contribution >= 0.6 is 0 Å². The predicted molar refractivity (Wildman–Crippen MR) is 58.5 cm³/mol. The van der Waals surface area contributed by atoms with Crippen LogP contribution in [0, 0.1) is 0 Å². The van der Waals surface area contributed by atoms with Gasteiger partial charge in [-0.25, -0.2) is 0 Å². The molecule has 1 aliphatic heterocycles. The van der Waals surface area contributed by atoms with Crippen LogP contribution < -0.4 is 5.73 Å². The number of amides is 1. The van der Waals surface area contributed by atoms with Gasteiger partial charge in [-0.15, -0.1) is 0 Å². The van der Waals surface area contributed by atoms with Crippen molar-refractivity contribution in [2.45, 2.75) is 12.5 Å². The van der Waals surface area contributed by atoms with E-state index in [0.717, 1.165) is 13.1 Å². The van der Waals surface area contributed by atoms with Gasteiger partial charge in [-0.3, -0.25) is 4.79 Å². The Morgan fingerprint density at radius 1 is 1.60 bits per heavy atom. The number of nitrogens with two attached hydrogens (primary N) is 1. The Kier molecular flexibility index (Phi) is 5.01. The Morgan fingerprint density at radius 3 is 2.93 bits per heavy atom. The predicted octanol–water partition coefficient (Wildman–Crippen LogP) is -0.876. The summed E-state index contributed by atoms with van der Waals surface area (Å²) in [6.07, 6.45) is 0.308. The first kappa shape index (κ1) is 12.4. The third-order valence-electron chi connectivity index (χ3n) is 2.51. The molecule has 2 N–H and O–H groups in total. The third-order valence-corrected chi connectivity index (χ3v) is 2.51. The SMILES string of the molecule is CN(C)CCN1CCOC(CCN)C1=O. The van der Waals surface area contributed by atoms with Crippen molar-refractivity contribution < 1.29 is 9.53 Å². The van der Waals surface area contributed by atoms with Gasteiger partial charge in [0, 0.05) is 19.6 Å². The topological polar surface area (TPSA) is 58.8 Å². The first-order valence-electron chi connectivity index (χ1n) is 5.40. The normalized spacial score (nSPS) is 22.5. The van der Waals surface area contributed by atoms with Crippen LogP contribution in [-0.4, -0.2) is 68.7 Å². The van der Waals surface area contributed by atoms with E-state index in [2.05, 4.69) is 4.90 Å². The number of ether oxygens (including phenoxy) is 1. The van der Waals surface area contributed by atoms with Crippen LogP contribution in [0.5, 0.6) is 0 Å². The minimum Gasteiger partial charge on any atom is -0.366 e. The van der Waals surface area contributed by atoms with E-state index >= 15 is 0 Å². The average molecular weight is 215 g/mol. The number of rotatable bonds is 5. The van der Waals surface area contributed by atoms with Gasteiger partial charge in [0.15, 0.2) is 0 Å². The van der Waals surface area contributed by atoms with Crippen LogP contribution in [-0.2, 0) is 9.53 Å². The Morgan fingerprint density at radius 2 is 2.33 bits per heavy atom. The Labute approximate surface area is 91.2 Å². The molecular weight excluding hydrogens is 194 g/mol. The minimum absolute atomic E-state index is 0.0913.